The Hall–Kier alpha value is -1.47. The zero-order chi connectivity index (χ0) is 14.4. The van der Waals surface area contributed by atoms with Crippen molar-refractivity contribution in [3.63, 3.8) is 0 Å². The minimum Gasteiger partial charge on any atom is -0.353 e. The molecule has 1 aromatic carbocycles. The number of nitrogens with one attached hydrogen (secondary N) is 2. The van der Waals surface area contributed by atoms with Gasteiger partial charge in [-0.05, 0) is 26.0 Å². The first kappa shape index (κ1) is 15.6. The highest BCUT2D eigenvalue weighted by atomic mass is 79.9. The van der Waals surface area contributed by atoms with Gasteiger partial charge in [-0.2, -0.15) is 0 Å². The Labute approximate surface area is 119 Å². The zero-order valence-electron chi connectivity index (χ0n) is 10.8. The fourth-order valence-corrected chi connectivity index (χ4v) is 1.97. The van der Waals surface area contributed by atoms with E-state index in [1.807, 2.05) is 13.8 Å². The molecule has 0 spiro atoms. The molecule has 0 unspecified atom stereocenters. The van der Waals surface area contributed by atoms with E-state index in [9.17, 15) is 14.9 Å². The van der Waals surface area contributed by atoms with E-state index in [0.717, 1.165) is 4.47 Å². The molecule has 0 heterocycles. The van der Waals surface area contributed by atoms with E-state index in [4.69, 9.17) is 0 Å². The maximum atomic E-state index is 11.4. The summed E-state index contributed by atoms with van der Waals surface area (Å²) in [7, 11) is 0. The number of rotatable bonds is 6. The van der Waals surface area contributed by atoms with Gasteiger partial charge in [0.2, 0.25) is 5.91 Å². The monoisotopic (exact) mass is 329 g/mol. The normalized spacial score (nSPS) is 10.5. The molecular weight excluding hydrogens is 314 g/mol. The highest BCUT2D eigenvalue weighted by Gasteiger charge is 2.13. The molecule has 0 saturated heterocycles. The molecule has 0 aromatic heterocycles. The summed E-state index contributed by atoms with van der Waals surface area (Å²) < 4.78 is 0.765. The summed E-state index contributed by atoms with van der Waals surface area (Å²) in [4.78, 5) is 21.8. The van der Waals surface area contributed by atoms with Crippen molar-refractivity contribution in [2.75, 3.05) is 6.54 Å². The maximum absolute atomic E-state index is 11.4. The summed E-state index contributed by atoms with van der Waals surface area (Å²) in [6.07, 6.45) is 0. The van der Waals surface area contributed by atoms with Gasteiger partial charge in [0.1, 0.15) is 0 Å². The number of nitrogens with zero attached hydrogens (tertiary/aromatic N) is 1. The Balaban J connectivity index is 2.60. The van der Waals surface area contributed by atoms with Gasteiger partial charge >= 0.3 is 0 Å². The average molecular weight is 330 g/mol. The van der Waals surface area contributed by atoms with E-state index in [1.54, 1.807) is 12.1 Å². The van der Waals surface area contributed by atoms with E-state index in [-0.39, 0.29) is 30.7 Å². The van der Waals surface area contributed by atoms with Crippen LogP contribution in [0.2, 0.25) is 0 Å². The highest BCUT2D eigenvalue weighted by molar-refractivity contribution is 9.10. The number of nitro benzene ring substituents is 1. The molecular formula is C12H16BrN3O3. The Morgan fingerprint density at radius 1 is 1.47 bits per heavy atom. The maximum Gasteiger partial charge on any atom is 0.273 e. The largest absolute Gasteiger partial charge is 0.353 e. The van der Waals surface area contributed by atoms with Gasteiger partial charge in [0, 0.05) is 28.7 Å². The second-order valence-corrected chi connectivity index (χ2v) is 5.27. The van der Waals surface area contributed by atoms with E-state index in [1.165, 1.54) is 6.07 Å². The van der Waals surface area contributed by atoms with E-state index >= 15 is 0 Å². The third kappa shape index (κ3) is 5.35. The van der Waals surface area contributed by atoms with Crippen molar-refractivity contribution >= 4 is 27.5 Å². The number of halogens is 1. The van der Waals surface area contributed by atoms with Crippen LogP contribution in [0.5, 0.6) is 0 Å². The van der Waals surface area contributed by atoms with Crippen molar-refractivity contribution in [3.8, 4) is 0 Å². The van der Waals surface area contributed by atoms with Gasteiger partial charge < -0.3 is 10.6 Å². The van der Waals surface area contributed by atoms with Crippen LogP contribution < -0.4 is 10.6 Å². The van der Waals surface area contributed by atoms with Gasteiger partial charge in [0.05, 0.1) is 11.5 Å². The Bertz CT molecular complexity index is 477. The Morgan fingerprint density at radius 2 is 2.16 bits per heavy atom. The van der Waals surface area contributed by atoms with Crippen molar-refractivity contribution in [2.24, 2.45) is 0 Å². The molecule has 0 bridgehead atoms. The second-order valence-electron chi connectivity index (χ2n) is 4.36. The number of hydrogen-bond acceptors (Lipinski definition) is 4. The lowest BCUT2D eigenvalue weighted by Gasteiger charge is -2.09. The zero-order valence-corrected chi connectivity index (χ0v) is 12.4. The van der Waals surface area contributed by atoms with Crippen molar-refractivity contribution in [1.29, 1.82) is 0 Å². The first-order valence-corrected chi connectivity index (χ1v) is 6.62. The summed E-state index contributed by atoms with van der Waals surface area (Å²) in [5, 5.41) is 16.5. The fraction of sp³-hybridized carbons (Fsp3) is 0.417. The van der Waals surface area contributed by atoms with Crippen LogP contribution in [0.25, 0.3) is 0 Å². The van der Waals surface area contributed by atoms with E-state index in [2.05, 4.69) is 26.6 Å². The molecule has 0 atom stereocenters. The molecule has 0 aliphatic rings. The molecule has 0 fully saturated rings. The summed E-state index contributed by atoms with van der Waals surface area (Å²) in [5.41, 5.74) is 0.580. The summed E-state index contributed by atoms with van der Waals surface area (Å²) >= 11 is 3.27. The average Bonchev–Trinajstić information content (AvgIpc) is 2.27. The van der Waals surface area contributed by atoms with Gasteiger partial charge in [-0.25, -0.2) is 0 Å². The van der Waals surface area contributed by atoms with Crippen LogP contribution in [0.15, 0.2) is 22.7 Å². The molecule has 104 valence electrons. The molecule has 1 rings (SSSR count). The lowest BCUT2D eigenvalue weighted by atomic mass is 10.2. The lowest BCUT2D eigenvalue weighted by molar-refractivity contribution is -0.385. The third-order valence-corrected chi connectivity index (χ3v) is 2.78. The molecule has 0 aliphatic heterocycles. The van der Waals surface area contributed by atoms with E-state index in [0.29, 0.717) is 5.56 Å². The molecule has 6 nitrogen and oxygen atoms in total. The number of carbonyl (C=O) groups is 1. The molecule has 2 N–H and O–H groups in total. The SMILES string of the molecule is CC(C)NC(=O)CNCc1cc(Br)ccc1[N+](=O)[O-]. The molecule has 0 aliphatic carbocycles. The molecule has 0 saturated carbocycles. The van der Waals surface area contributed by atoms with Gasteiger partial charge in [-0.1, -0.05) is 15.9 Å². The summed E-state index contributed by atoms with van der Waals surface area (Å²) in [5.74, 6) is -0.132. The van der Waals surface area contributed by atoms with Gasteiger partial charge in [0.15, 0.2) is 0 Å². The molecule has 19 heavy (non-hydrogen) atoms. The predicted molar refractivity (Wildman–Crippen MR) is 75.8 cm³/mol. The topological polar surface area (TPSA) is 84.3 Å². The van der Waals surface area contributed by atoms with Crippen LogP contribution >= 0.6 is 15.9 Å². The van der Waals surface area contributed by atoms with Gasteiger partial charge in [0.25, 0.3) is 5.69 Å². The number of benzene rings is 1. The molecule has 7 heteroatoms. The first-order chi connectivity index (χ1) is 8.90. The lowest BCUT2D eigenvalue weighted by Crippen LogP contribution is -2.37. The summed E-state index contributed by atoms with van der Waals surface area (Å²) in [6.45, 7) is 4.14. The smallest absolute Gasteiger partial charge is 0.273 e. The fourth-order valence-electron chi connectivity index (χ4n) is 1.56. The van der Waals surface area contributed by atoms with Crippen molar-refractivity contribution in [2.45, 2.75) is 26.4 Å². The van der Waals surface area contributed by atoms with Gasteiger partial charge in [-0.15, -0.1) is 0 Å². The highest BCUT2D eigenvalue weighted by Crippen LogP contribution is 2.22. The number of amides is 1. The van der Waals surface area contributed by atoms with E-state index < -0.39 is 4.92 Å². The van der Waals surface area contributed by atoms with Crippen LogP contribution in [0.4, 0.5) is 5.69 Å². The van der Waals surface area contributed by atoms with Crippen LogP contribution in [-0.4, -0.2) is 23.4 Å². The molecule has 1 amide bonds. The first-order valence-electron chi connectivity index (χ1n) is 5.83. The van der Waals surface area contributed by atoms with Crippen LogP contribution in [0, 0.1) is 10.1 Å². The molecule has 1 aromatic rings. The number of carbonyl (C=O) groups excluding carboxylic acids is 1. The van der Waals surface area contributed by atoms with Crippen LogP contribution in [-0.2, 0) is 11.3 Å². The van der Waals surface area contributed by atoms with Crippen molar-refractivity contribution in [3.05, 3.63) is 38.3 Å². The van der Waals surface area contributed by atoms with Gasteiger partial charge in [-0.3, -0.25) is 14.9 Å². The Morgan fingerprint density at radius 3 is 2.74 bits per heavy atom. The second kappa shape index (κ2) is 7.20. The predicted octanol–water partition coefficient (Wildman–Crippen LogP) is 1.97. The molecule has 0 radical (unpaired) electrons. The minimum absolute atomic E-state index is 0.0416. The Kier molecular flexibility index (Phi) is 5.91. The van der Waals surface area contributed by atoms with Crippen LogP contribution in [0.3, 0.4) is 0 Å². The van der Waals surface area contributed by atoms with Crippen LogP contribution in [0.1, 0.15) is 19.4 Å². The van der Waals surface area contributed by atoms with Crippen molar-refractivity contribution < 1.29 is 9.72 Å². The standard InChI is InChI=1S/C12H16BrN3O3/c1-8(2)15-12(17)7-14-6-9-5-10(13)3-4-11(9)16(18)19/h3-5,8,14H,6-7H2,1-2H3,(H,15,17). The quantitative estimate of drug-likeness (QED) is 0.617. The number of hydrogen-bond donors (Lipinski definition) is 2. The minimum atomic E-state index is -0.433. The number of nitro groups is 1. The van der Waals surface area contributed by atoms with Crippen molar-refractivity contribution in [1.82, 2.24) is 10.6 Å². The summed E-state index contributed by atoms with van der Waals surface area (Å²) in [6, 6.07) is 4.81. The third-order valence-electron chi connectivity index (χ3n) is 2.29.